The summed E-state index contributed by atoms with van der Waals surface area (Å²) in [5.74, 6) is 0. The van der Waals surface area contributed by atoms with Crippen molar-refractivity contribution in [1.29, 1.82) is 0 Å². The third kappa shape index (κ3) is 43.5. The summed E-state index contributed by atoms with van der Waals surface area (Å²) >= 11 is 0. The highest BCUT2D eigenvalue weighted by molar-refractivity contribution is 5.36. The molecule has 0 unspecified atom stereocenters. The van der Waals surface area contributed by atoms with E-state index in [0.29, 0.717) is 0 Å². The Hall–Kier alpha value is -0.780. The largest absolute Gasteiger partial charge is 0.0654 e. The van der Waals surface area contributed by atoms with Crippen molar-refractivity contribution in [3.05, 3.63) is 34.9 Å². The molecule has 0 aromatic heterocycles. The Kier molecular flexibility index (Phi) is 49.9. The zero-order valence-electron chi connectivity index (χ0n) is 44.4. The molecule has 0 heterocycles. The molecule has 0 fully saturated rings. The van der Waals surface area contributed by atoms with Gasteiger partial charge in [0.2, 0.25) is 0 Å². The maximum Gasteiger partial charge on any atom is -0.0273 e. The number of hydrogen-bond donors (Lipinski definition) is 0. The fraction of sp³-hybridized carbons (Fsp3) is 0.905. The lowest BCUT2D eigenvalue weighted by Crippen LogP contribution is -2.02. The van der Waals surface area contributed by atoms with Crippen LogP contribution in [0, 0.1) is 0 Å². The highest BCUT2D eigenvalue weighted by atomic mass is 14.1. The molecule has 0 saturated heterocycles. The lowest BCUT2D eigenvalue weighted by molar-refractivity contribution is 0.525. The molecule has 0 aliphatic rings. The molecule has 0 amide bonds. The van der Waals surface area contributed by atoms with Gasteiger partial charge in [0, 0.05) is 0 Å². The molecule has 1 rings (SSSR count). The van der Waals surface area contributed by atoms with E-state index in [9.17, 15) is 0 Å². The van der Waals surface area contributed by atoms with Crippen molar-refractivity contribution in [3.8, 4) is 0 Å². The van der Waals surface area contributed by atoms with Gasteiger partial charge in [-0.05, 0) is 55.2 Å². The Bertz CT molecular complexity index is 918. The number of aryl methyl sites for hydroxylation is 2. The van der Waals surface area contributed by atoms with Gasteiger partial charge in [-0.3, -0.25) is 0 Å². The molecule has 0 saturated carbocycles. The van der Waals surface area contributed by atoms with Crippen molar-refractivity contribution < 1.29 is 0 Å². The summed E-state index contributed by atoms with van der Waals surface area (Å²) in [5.41, 5.74) is 5.22. The minimum Gasteiger partial charge on any atom is -0.0654 e. The average Bonchev–Trinajstić information content (AvgIpc) is 3.30. The smallest absolute Gasteiger partial charge is 0.0273 e. The second-order valence-corrected chi connectivity index (χ2v) is 21.3. The molecule has 0 aliphatic carbocycles. The highest BCUT2D eigenvalue weighted by Gasteiger charge is 2.09. The molecule has 0 bridgehead atoms. The van der Waals surface area contributed by atoms with E-state index in [1.807, 2.05) is 0 Å². The van der Waals surface area contributed by atoms with Gasteiger partial charge in [-0.2, -0.15) is 0 Å². The average molecular weight is 878 g/mol. The van der Waals surface area contributed by atoms with Crippen LogP contribution >= 0.6 is 0 Å². The van der Waals surface area contributed by atoms with E-state index in [2.05, 4.69) is 39.0 Å². The standard InChI is InChI=1S/C63H120/c1-4-7-10-13-16-19-22-25-28-31-34-37-40-43-46-49-52-56-61-58-55-59-62(57-53-50-47-44-41-38-35-32-29-26-23-20-17-14-11-8-5-2)63(61)60-54-51-48-45-42-39-36-33-30-27-24-21-18-15-12-9-6-3/h55,58-59H,4-54,56-57,60H2,1-3H3. The third-order valence-corrected chi connectivity index (χ3v) is 15.0. The molecule has 0 aliphatic heterocycles. The first-order valence-electron chi connectivity index (χ1n) is 30.4. The second-order valence-electron chi connectivity index (χ2n) is 21.3. The highest BCUT2D eigenvalue weighted by Crippen LogP contribution is 2.25. The van der Waals surface area contributed by atoms with Crippen LogP contribution in [0.1, 0.15) is 365 Å². The molecule has 0 atom stereocenters. The molecule has 63 heavy (non-hydrogen) atoms. The van der Waals surface area contributed by atoms with Crippen molar-refractivity contribution in [2.75, 3.05) is 0 Å². The van der Waals surface area contributed by atoms with Crippen LogP contribution in [-0.2, 0) is 19.3 Å². The lowest BCUT2D eigenvalue weighted by atomic mass is 9.90. The van der Waals surface area contributed by atoms with Gasteiger partial charge in [-0.25, -0.2) is 0 Å². The monoisotopic (exact) mass is 877 g/mol. The summed E-state index contributed by atoms with van der Waals surface area (Å²) in [6.07, 6.45) is 78.4. The first-order valence-corrected chi connectivity index (χ1v) is 30.4. The lowest BCUT2D eigenvalue weighted by Gasteiger charge is -2.16. The van der Waals surface area contributed by atoms with Crippen molar-refractivity contribution in [2.24, 2.45) is 0 Å². The minimum absolute atomic E-state index is 1.32. The quantitative estimate of drug-likeness (QED) is 0.0572. The number of hydrogen-bond acceptors (Lipinski definition) is 0. The van der Waals surface area contributed by atoms with Gasteiger partial charge in [0.15, 0.2) is 0 Å². The zero-order valence-corrected chi connectivity index (χ0v) is 44.4. The summed E-state index contributed by atoms with van der Waals surface area (Å²) in [6, 6.07) is 7.46. The van der Waals surface area contributed by atoms with Crippen LogP contribution in [0.4, 0.5) is 0 Å². The summed E-state index contributed by atoms with van der Waals surface area (Å²) in [4.78, 5) is 0. The molecule has 0 nitrogen and oxygen atoms in total. The van der Waals surface area contributed by atoms with Crippen LogP contribution in [0.25, 0.3) is 0 Å². The van der Waals surface area contributed by atoms with Gasteiger partial charge in [0.1, 0.15) is 0 Å². The molecular weight excluding hydrogens is 757 g/mol. The van der Waals surface area contributed by atoms with Crippen molar-refractivity contribution in [1.82, 2.24) is 0 Å². The van der Waals surface area contributed by atoms with Gasteiger partial charge in [0.25, 0.3) is 0 Å². The molecule has 1 aromatic carbocycles. The summed E-state index contributed by atoms with van der Waals surface area (Å²) < 4.78 is 0. The fourth-order valence-electron chi connectivity index (χ4n) is 10.6. The van der Waals surface area contributed by atoms with Crippen LogP contribution in [0.2, 0.25) is 0 Å². The molecule has 372 valence electrons. The molecule has 0 heteroatoms. The van der Waals surface area contributed by atoms with Gasteiger partial charge >= 0.3 is 0 Å². The third-order valence-electron chi connectivity index (χ3n) is 15.0. The van der Waals surface area contributed by atoms with E-state index < -0.39 is 0 Å². The molecular formula is C63H120. The minimum atomic E-state index is 1.32. The maximum atomic E-state index is 2.52. The molecule has 0 N–H and O–H groups in total. The predicted molar refractivity (Wildman–Crippen MR) is 290 cm³/mol. The summed E-state index contributed by atoms with van der Waals surface area (Å²) in [5, 5.41) is 0. The maximum absolute atomic E-state index is 2.52. The van der Waals surface area contributed by atoms with Gasteiger partial charge < -0.3 is 0 Å². The van der Waals surface area contributed by atoms with Crippen molar-refractivity contribution in [3.63, 3.8) is 0 Å². The number of benzene rings is 1. The van der Waals surface area contributed by atoms with Crippen molar-refractivity contribution >= 4 is 0 Å². The van der Waals surface area contributed by atoms with Crippen LogP contribution < -0.4 is 0 Å². The first-order chi connectivity index (χ1) is 31.3. The topological polar surface area (TPSA) is 0 Å². The first kappa shape index (κ1) is 60.2. The SMILES string of the molecule is CCCCCCCCCCCCCCCCCCCc1cccc(CCCCCCCCCCCCCCCCCCC)c1CCCCCCCCCCCCCCCCCCC. The molecule has 0 radical (unpaired) electrons. The van der Waals surface area contributed by atoms with Crippen LogP contribution in [-0.4, -0.2) is 0 Å². The molecule has 1 aromatic rings. The summed E-state index contributed by atoms with van der Waals surface area (Å²) in [6.45, 7) is 6.96. The van der Waals surface area contributed by atoms with E-state index in [0.717, 1.165) is 0 Å². The normalized spacial score (nSPS) is 11.7. The number of unbranched alkanes of at least 4 members (excludes halogenated alkanes) is 48. The predicted octanol–water partition coefficient (Wildman–Crippen LogP) is 23.3. The Morgan fingerprint density at radius 3 is 0.540 bits per heavy atom. The fourth-order valence-corrected chi connectivity index (χ4v) is 10.6. The van der Waals surface area contributed by atoms with Gasteiger partial charge in [0.05, 0.1) is 0 Å². The second kappa shape index (κ2) is 52.2. The van der Waals surface area contributed by atoms with Gasteiger partial charge in [-0.1, -0.05) is 347 Å². The number of rotatable bonds is 54. The Labute approximate surface area is 400 Å². The van der Waals surface area contributed by atoms with Crippen LogP contribution in [0.5, 0.6) is 0 Å². The van der Waals surface area contributed by atoms with Crippen LogP contribution in [0.3, 0.4) is 0 Å². The molecule has 0 spiro atoms. The van der Waals surface area contributed by atoms with E-state index >= 15 is 0 Å². The Morgan fingerprint density at radius 2 is 0.349 bits per heavy atom. The van der Waals surface area contributed by atoms with E-state index in [1.54, 1.807) is 16.7 Å². The zero-order chi connectivity index (χ0) is 45.0. The van der Waals surface area contributed by atoms with Crippen LogP contribution in [0.15, 0.2) is 18.2 Å². The Morgan fingerprint density at radius 1 is 0.190 bits per heavy atom. The van der Waals surface area contributed by atoms with Crippen molar-refractivity contribution in [2.45, 2.75) is 367 Å². The van der Waals surface area contributed by atoms with E-state index in [-0.39, 0.29) is 0 Å². The van der Waals surface area contributed by atoms with Gasteiger partial charge in [-0.15, -0.1) is 0 Å². The van der Waals surface area contributed by atoms with E-state index in [4.69, 9.17) is 0 Å². The van der Waals surface area contributed by atoms with E-state index in [1.165, 1.54) is 347 Å². The summed E-state index contributed by atoms with van der Waals surface area (Å²) in [7, 11) is 0. The Balaban J connectivity index is 2.29.